The number of nitrogens with zero attached hydrogens (tertiary/aromatic N) is 3. The average Bonchev–Trinajstić information content (AvgIpc) is 2.92. The fourth-order valence-electron chi connectivity index (χ4n) is 3.91. The topological polar surface area (TPSA) is 130 Å². The van der Waals surface area contributed by atoms with Gasteiger partial charge in [0.05, 0.1) is 15.5 Å². The Morgan fingerprint density at radius 3 is 2.29 bits per heavy atom. The molecule has 0 heterocycles. The quantitative estimate of drug-likeness (QED) is 0.280. The lowest BCUT2D eigenvalue weighted by molar-refractivity contribution is -0.384. The Bertz CT molecular complexity index is 1420. The van der Waals surface area contributed by atoms with Gasteiger partial charge in [0.2, 0.25) is 11.8 Å². The summed E-state index contributed by atoms with van der Waals surface area (Å²) in [6.07, 6.45) is 0.248. The Morgan fingerprint density at radius 1 is 1.03 bits per heavy atom. The minimum absolute atomic E-state index is 0.0569. The highest BCUT2D eigenvalue weighted by Gasteiger charge is 2.34. The van der Waals surface area contributed by atoms with Crippen molar-refractivity contribution >= 4 is 44.8 Å². The highest BCUT2D eigenvalue weighted by Crippen LogP contribution is 2.28. The van der Waals surface area contributed by atoms with Crippen molar-refractivity contribution < 1.29 is 22.9 Å². The second-order valence-corrected chi connectivity index (χ2v) is 10.5. The molecule has 1 atom stereocenters. The number of likely N-dealkylation sites (N-methyl/N-ethyl adjacent to an activating group) is 1. The van der Waals surface area contributed by atoms with Gasteiger partial charge in [0.15, 0.2) is 0 Å². The second kappa shape index (κ2) is 12.5. The Labute approximate surface area is 226 Å². The summed E-state index contributed by atoms with van der Waals surface area (Å²) in [7, 11) is -2.88. The molecule has 3 aromatic carbocycles. The molecule has 0 radical (unpaired) electrons. The van der Waals surface area contributed by atoms with Crippen LogP contribution in [0.3, 0.4) is 0 Å². The molecule has 0 aliphatic heterocycles. The minimum Gasteiger partial charge on any atom is -0.357 e. The third-order valence-corrected chi connectivity index (χ3v) is 8.03. The van der Waals surface area contributed by atoms with Crippen LogP contribution in [0, 0.1) is 10.1 Å². The van der Waals surface area contributed by atoms with E-state index in [1.165, 1.54) is 54.4 Å². The molecule has 1 N–H and O–H groups in total. The van der Waals surface area contributed by atoms with E-state index >= 15 is 0 Å². The van der Waals surface area contributed by atoms with Gasteiger partial charge in [-0.25, -0.2) is 8.42 Å². The predicted octanol–water partition coefficient (Wildman–Crippen LogP) is 4.00. The van der Waals surface area contributed by atoms with E-state index < -0.39 is 39.3 Å². The van der Waals surface area contributed by atoms with Crippen molar-refractivity contribution in [1.29, 1.82) is 0 Å². The van der Waals surface area contributed by atoms with Gasteiger partial charge in [-0.1, -0.05) is 61.0 Å². The van der Waals surface area contributed by atoms with Crippen LogP contribution >= 0.6 is 11.6 Å². The van der Waals surface area contributed by atoms with Crippen molar-refractivity contribution in [3.05, 3.63) is 99.6 Å². The van der Waals surface area contributed by atoms with Crippen LogP contribution in [0.15, 0.2) is 83.8 Å². The number of nitro groups is 1. The third kappa shape index (κ3) is 6.48. The molecule has 0 saturated heterocycles. The maximum atomic E-state index is 13.8. The van der Waals surface area contributed by atoms with E-state index in [4.69, 9.17) is 11.6 Å². The number of nitro benzene ring substituents is 1. The highest BCUT2D eigenvalue weighted by atomic mass is 35.5. The molecule has 0 aliphatic carbocycles. The molecule has 3 aromatic rings. The van der Waals surface area contributed by atoms with Gasteiger partial charge in [0.25, 0.3) is 15.7 Å². The smallest absolute Gasteiger partial charge is 0.271 e. The number of hydrogen-bond donors (Lipinski definition) is 1. The van der Waals surface area contributed by atoms with Crippen LogP contribution in [0.4, 0.5) is 11.4 Å². The van der Waals surface area contributed by atoms with Gasteiger partial charge in [0, 0.05) is 30.7 Å². The molecule has 0 fully saturated rings. The number of rotatable bonds is 11. The number of carbonyl (C=O) groups is 2. The predicted molar refractivity (Wildman–Crippen MR) is 144 cm³/mol. The first-order valence-corrected chi connectivity index (χ1v) is 13.5. The van der Waals surface area contributed by atoms with Crippen LogP contribution in [0.1, 0.15) is 18.9 Å². The molecule has 200 valence electrons. The van der Waals surface area contributed by atoms with Crippen LogP contribution in [-0.2, 0) is 26.2 Å². The summed E-state index contributed by atoms with van der Waals surface area (Å²) in [6.45, 7) is 0.959. The number of benzene rings is 3. The SMILES string of the molecule is CCC(C(=O)NC)N(Cc1ccccc1Cl)C(=O)CN(c1cccc([N+](=O)[O-])c1)S(=O)(=O)c1ccccc1. The number of halogens is 1. The Hall–Kier alpha value is -3.96. The lowest BCUT2D eigenvalue weighted by Gasteiger charge is -2.33. The molecule has 38 heavy (non-hydrogen) atoms. The molecule has 0 saturated carbocycles. The van der Waals surface area contributed by atoms with Gasteiger partial charge in [-0.2, -0.15) is 0 Å². The zero-order chi connectivity index (χ0) is 27.9. The zero-order valence-corrected chi connectivity index (χ0v) is 22.4. The number of non-ortho nitro benzene ring substituents is 1. The Balaban J connectivity index is 2.10. The van der Waals surface area contributed by atoms with Crippen molar-refractivity contribution in [1.82, 2.24) is 10.2 Å². The fourth-order valence-corrected chi connectivity index (χ4v) is 5.53. The minimum atomic E-state index is -4.33. The van der Waals surface area contributed by atoms with Crippen molar-refractivity contribution in [2.75, 3.05) is 17.9 Å². The normalized spacial score (nSPS) is 11.9. The van der Waals surface area contributed by atoms with Gasteiger partial charge in [0.1, 0.15) is 12.6 Å². The summed E-state index contributed by atoms with van der Waals surface area (Å²) in [6, 6.07) is 18.3. The lowest BCUT2D eigenvalue weighted by atomic mass is 10.1. The summed E-state index contributed by atoms with van der Waals surface area (Å²) >= 11 is 6.33. The van der Waals surface area contributed by atoms with E-state index in [-0.39, 0.29) is 29.2 Å². The summed E-state index contributed by atoms with van der Waals surface area (Å²) in [5.41, 5.74) is 0.160. The molecular formula is C26H27ClN4O6S. The van der Waals surface area contributed by atoms with E-state index in [0.717, 1.165) is 10.4 Å². The molecule has 0 aromatic heterocycles. The van der Waals surface area contributed by atoms with E-state index in [9.17, 15) is 28.1 Å². The van der Waals surface area contributed by atoms with Crippen LogP contribution < -0.4 is 9.62 Å². The molecule has 2 amide bonds. The number of amides is 2. The first kappa shape index (κ1) is 28.6. The van der Waals surface area contributed by atoms with Crippen molar-refractivity contribution in [3.63, 3.8) is 0 Å². The van der Waals surface area contributed by atoms with Gasteiger partial charge < -0.3 is 10.2 Å². The van der Waals surface area contributed by atoms with E-state index in [1.54, 1.807) is 37.3 Å². The number of sulfonamides is 1. The van der Waals surface area contributed by atoms with Crippen molar-refractivity contribution in [2.24, 2.45) is 0 Å². The number of carbonyl (C=O) groups excluding carboxylic acids is 2. The molecule has 10 nitrogen and oxygen atoms in total. The Kier molecular flexibility index (Phi) is 9.43. The zero-order valence-electron chi connectivity index (χ0n) is 20.8. The average molecular weight is 559 g/mol. The largest absolute Gasteiger partial charge is 0.357 e. The summed E-state index contributed by atoms with van der Waals surface area (Å²) in [4.78, 5) is 38.5. The van der Waals surface area contributed by atoms with Gasteiger partial charge in [-0.05, 0) is 36.2 Å². The molecule has 0 bridgehead atoms. The van der Waals surface area contributed by atoms with Gasteiger partial charge in [-0.3, -0.25) is 24.0 Å². The molecule has 1 unspecified atom stereocenters. The van der Waals surface area contributed by atoms with Gasteiger partial charge in [-0.15, -0.1) is 0 Å². The first-order chi connectivity index (χ1) is 18.1. The standard InChI is InChI=1S/C26H27ClN4O6S/c1-3-24(26(33)28-2)29(17-19-10-7-8-15-23(19)27)25(32)18-30(20-11-9-12-21(16-20)31(34)35)38(36,37)22-13-5-4-6-14-22/h4-16,24H,3,17-18H2,1-2H3,(H,28,33). The van der Waals surface area contributed by atoms with Crippen LogP contribution in [0.25, 0.3) is 0 Å². The molecule has 3 rings (SSSR count). The number of hydrogen-bond acceptors (Lipinski definition) is 6. The summed E-state index contributed by atoms with van der Waals surface area (Å²) in [5.74, 6) is -1.12. The molecule has 0 spiro atoms. The van der Waals surface area contributed by atoms with Crippen molar-refractivity contribution in [3.8, 4) is 0 Å². The van der Waals surface area contributed by atoms with Crippen LogP contribution in [0.5, 0.6) is 0 Å². The van der Waals surface area contributed by atoms with Crippen LogP contribution in [-0.4, -0.2) is 49.7 Å². The second-order valence-electron chi connectivity index (χ2n) is 8.25. The number of anilines is 1. The first-order valence-electron chi connectivity index (χ1n) is 11.7. The van der Waals surface area contributed by atoms with Crippen LogP contribution in [0.2, 0.25) is 5.02 Å². The maximum absolute atomic E-state index is 13.8. The van der Waals surface area contributed by atoms with Crippen molar-refractivity contribution in [2.45, 2.75) is 30.8 Å². The van der Waals surface area contributed by atoms with E-state index in [0.29, 0.717) is 10.6 Å². The monoisotopic (exact) mass is 558 g/mol. The maximum Gasteiger partial charge on any atom is 0.271 e. The lowest BCUT2D eigenvalue weighted by Crippen LogP contribution is -2.51. The highest BCUT2D eigenvalue weighted by molar-refractivity contribution is 7.92. The third-order valence-electron chi connectivity index (χ3n) is 5.87. The molecular weight excluding hydrogens is 532 g/mol. The number of nitrogens with one attached hydrogen (secondary N) is 1. The summed E-state index contributed by atoms with van der Waals surface area (Å²) in [5, 5.41) is 14.3. The van der Waals surface area contributed by atoms with Gasteiger partial charge >= 0.3 is 0 Å². The fraction of sp³-hybridized carbons (Fsp3) is 0.231. The van der Waals surface area contributed by atoms with E-state index in [1.807, 2.05) is 0 Å². The van der Waals surface area contributed by atoms with E-state index in [2.05, 4.69) is 5.32 Å². The summed E-state index contributed by atoms with van der Waals surface area (Å²) < 4.78 is 28.2. The molecule has 12 heteroatoms. The molecule has 0 aliphatic rings. The Morgan fingerprint density at radius 2 is 1.68 bits per heavy atom.